The zero-order valence-corrected chi connectivity index (χ0v) is 14.1. The highest BCUT2D eigenvalue weighted by atomic mass is 79.9. The molecule has 0 bridgehead atoms. The molecule has 108 valence electrons. The predicted molar refractivity (Wildman–Crippen MR) is 83.3 cm³/mol. The molecule has 0 saturated heterocycles. The van der Waals surface area contributed by atoms with Gasteiger partial charge in [0.1, 0.15) is 0 Å². The van der Waals surface area contributed by atoms with Crippen LogP contribution in [0.4, 0.5) is 0 Å². The van der Waals surface area contributed by atoms with E-state index in [-0.39, 0.29) is 0 Å². The van der Waals surface area contributed by atoms with Crippen LogP contribution in [0.2, 0.25) is 0 Å². The van der Waals surface area contributed by atoms with Gasteiger partial charge in [-0.25, -0.2) is 13.1 Å². The Labute approximate surface area is 125 Å². The number of nitrogens with one attached hydrogen (secondary N) is 1. The molecule has 1 aromatic rings. The van der Waals surface area contributed by atoms with Crippen LogP contribution in [0.3, 0.4) is 0 Å². The average molecular weight is 348 g/mol. The van der Waals surface area contributed by atoms with Gasteiger partial charge in [-0.3, -0.25) is 0 Å². The molecule has 0 aliphatic rings. The summed E-state index contributed by atoms with van der Waals surface area (Å²) in [5.41, 5.74) is 1.74. The fourth-order valence-electron chi connectivity index (χ4n) is 1.81. The molecule has 0 amide bonds. The number of halogens is 1. The molecule has 0 spiro atoms. The molecule has 0 aliphatic carbocycles. The molecule has 0 aliphatic heterocycles. The largest absolute Gasteiger partial charge is 0.240 e. The summed E-state index contributed by atoms with van der Waals surface area (Å²) in [6.07, 6.45) is 1.87. The maximum absolute atomic E-state index is 12.2. The van der Waals surface area contributed by atoms with E-state index in [9.17, 15) is 8.42 Å². The monoisotopic (exact) mass is 347 g/mol. The zero-order chi connectivity index (χ0) is 14.5. The molecule has 0 saturated carbocycles. The van der Waals surface area contributed by atoms with Crippen LogP contribution >= 0.6 is 15.9 Å². The highest BCUT2D eigenvalue weighted by molar-refractivity contribution is 9.09. The summed E-state index contributed by atoms with van der Waals surface area (Å²) in [5.74, 6) is 0.574. The van der Waals surface area contributed by atoms with E-state index < -0.39 is 10.0 Å². The van der Waals surface area contributed by atoms with Gasteiger partial charge in [0.15, 0.2) is 0 Å². The first-order chi connectivity index (χ1) is 8.86. The Kier molecular flexibility index (Phi) is 6.50. The molecule has 19 heavy (non-hydrogen) atoms. The van der Waals surface area contributed by atoms with Crippen LogP contribution in [0, 0.1) is 19.8 Å². The van der Waals surface area contributed by atoms with Crippen LogP contribution in [0.15, 0.2) is 23.1 Å². The summed E-state index contributed by atoms with van der Waals surface area (Å²) < 4.78 is 27.1. The molecule has 1 aromatic carbocycles. The van der Waals surface area contributed by atoms with Crippen LogP contribution in [-0.4, -0.2) is 20.3 Å². The number of hydrogen-bond acceptors (Lipinski definition) is 2. The normalized spacial score (nSPS) is 13.5. The Bertz CT molecular complexity index is 514. The van der Waals surface area contributed by atoms with Crippen LogP contribution in [-0.2, 0) is 10.0 Å². The summed E-state index contributed by atoms with van der Waals surface area (Å²) in [7, 11) is -3.38. The van der Waals surface area contributed by atoms with Crippen molar-refractivity contribution in [3.05, 3.63) is 29.3 Å². The second kappa shape index (κ2) is 7.41. The van der Waals surface area contributed by atoms with Crippen molar-refractivity contribution in [3.63, 3.8) is 0 Å². The van der Waals surface area contributed by atoms with Crippen molar-refractivity contribution >= 4 is 26.0 Å². The first-order valence-corrected chi connectivity index (χ1v) is 9.10. The van der Waals surface area contributed by atoms with Gasteiger partial charge in [0.25, 0.3) is 0 Å². The summed E-state index contributed by atoms with van der Waals surface area (Å²) in [5, 5.41) is 0.955. The number of rotatable bonds is 7. The zero-order valence-electron chi connectivity index (χ0n) is 11.7. The second-order valence-electron chi connectivity index (χ2n) is 5.07. The van der Waals surface area contributed by atoms with Gasteiger partial charge in [-0.05, 0) is 49.8 Å². The van der Waals surface area contributed by atoms with E-state index in [2.05, 4.69) is 27.6 Å². The van der Waals surface area contributed by atoms with E-state index in [1.165, 1.54) is 0 Å². The smallest absolute Gasteiger partial charge is 0.211 e. The fraction of sp³-hybridized carbons (Fsp3) is 0.571. The molecule has 5 heteroatoms. The highest BCUT2D eigenvalue weighted by Gasteiger charge is 2.16. The van der Waals surface area contributed by atoms with Crippen molar-refractivity contribution in [1.29, 1.82) is 0 Å². The van der Waals surface area contributed by atoms with Gasteiger partial charge in [-0.1, -0.05) is 35.0 Å². The van der Waals surface area contributed by atoms with Crippen LogP contribution in [0.5, 0.6) is 0 Å². The van der Waals surface area contributed by atoms with Crippen LogP contribution in [0.1, 0.15) is 30.9 Å². The van der Waals surface area contributed by atoms with E-state index in [0.717, 1.165) is 29.3 Å². The second-order valence-corrected chi connectivity index (χ2v) is 7.45. The minimum atomic E-state index is -3.38. The molecule has 1 atom stereocenters. The minimum absolute atomic E-state index is 0.390. The number of sulfonamides is 1. The van der Waals surface area contributed by atoms with Crippen molar-refractivity contribution < 1.29 is 8.42 Å². The number of hydrogen-bond donors (Lipinski definition) is 1. The van der Waals surface area contributed by atoms with Gasteiger partial charge in [0.05, 0.1) is 4.90 Å². The fourth-order valence-corrected chi connectivity index (χ4v) is 3.53. The molecular weight excluding hydrogens is 326 g/mol. The molecule has 0 radical (unpaired) electrons. The highest BCUT2D eigenvalue weighted by Crippen LogP contribution is 2.16. The van der Waals surface area contributed by atoms with Gasteiger partial charge in [-0.2, -0.15) is 0 Å². The summed E-state index contributed by atoms with van der Waals surface area (Å²) in [4.78, 5) is 0.390. The van der Waals surface area contributed by atoms with Crippen molar-refractivity contribution in [2.24, 2.45) is 5.92 Å². The van der Waals surface area contributed by atoms with Crippen molar-refractivity contribution in [1.82, 2.24) is 4.72 Å². The van der Waals surface area contributed by atoms with E-state index in [1.807, 2.05) is 26.0 Å². The third kappa shape index (κ3) is 5.24. The summed E-state index contributed by atoms with van der Waals surface area (Å²) in [6, 6.07) is 5.49. The Morgan fingerprint density at radius 2 is 2.00 bits per heavy atom. The number of alkyl halides is 1. The molecule has 1 rings (SSSR count). The lowest BCUT2D eigenvalue weighted by atomic mass is 10.1. The summed E-state index contributed by atoms with van der Waals surface area (Å²) in [6.45, 7) is 6.36. The topological polar surface area (TPSA) is 46.2 Å². The first kappa shape index (κ1) is 16.7. The minimum Gasteiger partial charge on any atom is -0.211 e. The molecule has 1 N–H and O–H groups in total. The van der Waals surface area contributed by atoms with Gasteiger partial charge < -0.3 is 0 Å². The lowest BCUT2D eigenvalue weighted by molar-refractivity contribution is 0.546. The van der Waals surface area contributed by atoms with Crippen LogP contribution in [0.25, 0.3) is 0 Å². The van der Waals surface area contributed by atoms with Crippen LogP contribution < -0.4 is 4.72 Å². The SMILES string of the molecule is Cc1ccc(C)c(S(=O)(=O)NCCCC(C)CBr)c1. The lowest BCUT2D eigenvalue weighted by Crippen LogP contribution is -2.26. The van der Waals surface area contributed by atoms with Crippen molar-refractivity contribution in [3.8, 4) is 0 Å². The van der Waals surface area contributed by atoms with Gasteiger partial charge in [0, 0.05) is 11.9 Å². The lowest BCUT2D eigenvalue weighted by Gasteiger charge is -2.11. The maximum atomic E-state index is 12.2. The quantitative estimate of drug-likeness (QED) is 0.606. The third-order valence-electron chi connectivity index (χ3n) is 3.06. The van der Waals surface area contributed by atoms with Gasteiger partial charge in [-0.15, -0.1) is 0 Å². The predicted octanol–water partition coefficient (Wildman–Crippen LogP) is 3.39. The molecule has 0 heterocycles. The number of aryl methyl sites for hydroxylation is 2. The Morgan fingerprint density at radius 3 is 2.63 bits per heavy atom. The molecular formula is C14H22BrNO2S. The molecule has 0 aromatic heterocycles. The third-order valence-corrected chi connectivity index (χ3v) is 5.77. The maximum Gasteiger partial charge on any atom is 0.240 e. The standard InChI is InChI=1S/C14H22BrNO2S/c1-11-6-7-13(3)14(9-11)19(17,18)16-8-4-5-12(2)10-15/h6-7,9,12,16H,4-5,8,10H2,1-3H3. The van der Waals surface area contributed by atoms with Gasteiger partial charge in [0.2, 0.25) is 10.0 Å². The summed E-state index contributed by atoms with van der Waals surface area (Å²) >= 11 is 3.42. The van der Waals surface area contributed by atoms with E-state index >= 15 is 0 Å². The van der Waals surface area contributed by atoms with Crippen molar-refractivity contribution in [2.45, 2.75) is 38.5 Å². The van der Waals surface area contributed by atoms with E-state index in [1.54, 1.807) is 6.07 Å². The average Bonchev–Trinajstić information content (AvgIpc) is 2.37. The Hall–Kier alpha value is -0.390. The Balaban J connectivity index is 2.64. The molecule has 1 unspecified atom stereocenters. The number of benzene rings is 1. The molecule has 3 nitrogen and oxygen atoms in total. The Morgan fingerprint density at radius 1 is 1.32 bits per heavy atom. The molecule has 0 fully saturated rings. The van der Waals surface area contributed by atoms with E-state index in [4.69, 9.17) is 0 Å². The van der Waals surface area contributed by atoms with E-state index in [0.29, 0.717) is 17.4 Å². The van der Waals surface area contributed by atoms with Gasteiger partial charge >= 0.3 is 0 Å². The van der Waals surface area contributed by atoms with Crippen molar-refractivity contribution in [2.75, 3.05) is 11.9 Å². The first-order valence-electron chi connectivity index (χ1n) is 6.49.